The number of ketones is 1. The smallest absolute Gasteiger partial charge is 0.227 e. The Hall–Kier alpha value is -1.16. The van der Waals surface area contributed by atoms with Crippen LogP contribution in [0.1, 0.15) is 20.8 Å². The van der Waals surface area contributed by atoms with E-state index in [4.69, 9.17) is 4.74 Å². The van der Waals surface area contributed by atoms with Crippen LogP contribution in [0, 0.1) is 17.8 Å². The van der Waals surface area contributed by atoms with Crippen LogP contribution >= 0.6 is 0 Å². The summed E-state index contributed by atoms with van der Waals surface area (Å²) in [7, 11) is 0. The van der Waals surface area contributed by atoms with E-state index in [1.54, 1.807) is 0 Å². The molecule has 4 atom stereocenters. The number of rotatable bonds is 2. The SMILES string of the molecule is CC(C)C(=O)C1C2C(=O)NC[C@@]23C=C[C@]1(C)O3. The van der Waals surface area contributed by atoms with E-state index in [2.05, 4.69) is 5.32 Å². The van der Waals surface area contributed by atoms with E-state index in [-0.39, 0.29) is 29.4 Å². The molecule has 0 radical (unpaired) electrons. The Labute approximate surface area is 100 Å². The van der Waals surface area contributed by atoms with Gasteiger partial charge in [-0.2, -0.15) is 0 Å². The van der Waals surface area contributed by atoms with E-state index in [1.807, 2.05) is 32.9 Å². The average molecular weight is 235 g/mol. The molecule has 3 aliphatic rings. The van der Waals surface area contributed by atoms with Gasteiger partial charge in [-0.05, 0) is 6.92 Å². The summed E-state index contributed by atoms with van der Waals surface area (Å²) in [6, 6.07) is 0. The van der Waals surface area contributed by atoms with E-state index >= 15 is 0 Å². The molecule has 2 unspecified atom stereocenters. The minimum atomic E-state index is -0.593. The molecule has 0 aliphatic carbocycles. The maximum absolute atomic E-state index is 12.3. The Balaban J connectivity index is 2.07. The summed E-state index contributed by atoms with van der Waals surface area (Å²) in [5, 5.41) is 2.81. The molecule has 1 N–H and O–H groups in total. The fraction of sp³-hybridized carbons (Fsp3) is 0.692. The molecular formula is C13H17NO3. The standard InChI is InChI=1S/C13H17NO3/c1-7(2)10(15)8-9-11(16)14-6-13(9)5-4-12(8,3)17-13/h4-5,7-9H,6H2,1-3H3,(H,14,16)/t8?,9?,12-,13-/m0/s1. The molecule has 0 saturated carbocycles. The van der Waals surface area contributed by atoms with Gasteiger partial charge in [-0.25, -0.2) is 0 Å². The van der Waals surface area contributed by atoms with Crippen molar-refractivity contribution in [1.82, 2.24) is 5.32 Å². The first-order valence-corrected chi connectivity index (χ1v) is 6.12. The fourth-order valence-electron chi connectivity index (χ4n) is 3.45. The first kappa shape index (κ1) is 11.0. The number of fused-ring (bicyclic) bond motifs is 1. The molecule has 3 aliphatic heterocycles. The van der Waals surface area contributed by atoms with Crippen LogP contribution in [-0.2, 0) is 14.3 Å². The van der Waals surface area contributed by atoms with Gasteiger partial charge in [0.1, 0.15) is 11.4 Å². The van der Waals surface area contributed by atoms with Gasteiger partial charge in [-0.1, -0.05) is 26.0 Å². The van der Waals surface area contributed by atoms with Crippen LogP contribution in [0.2, 0.25) is 0 Å². The third-order valence-corrected chi connectivity index (χ3v) is 4.28. The second-order valence-electron chi connectivity index (χ2n) is 5.80. The van der Waals surface area contributed by atoms with Gasteiger partial charge in [-0.3, -0.25) is 9.59 Å². The highest BCUT2D eigenvalue weighted by Crippen LogP contribution is 2.55. The predicted molar refractivity (Wildman–Crippen MR) is 61.2 cm³/mol. The van der Waals surface area contributed by atoms with E-state index in [0.717, 1.165) is 0 Å². The summed E-state index contributed by atoms with van der Waals surface area (Å²) in [6.07, 6.45) is 3.91. The van der Waals surface area contributed by atoms with Crippen molar-refractivity contribution < 1.29 is 14.3 Å². The normalized spacial score (nSPS) is 46.5. The van der Waals surface area contributed by atoms with Crippen LogP contribution in [-0.4, -0.2) is 29.4 Å². The van der Waals surface area contributed by atoms with Crippen LogP contribution in [0.5, 0.6) is 0 Å². The van der Waals surface area contributed by atoms with Gasteiger partial charge in [0.2, 0.25) is 5.91 Å². The third-order valence-electron chi connectivity index (χ3n) is 4.28. The molecule has 92 valence electrons. The summed E-state index contributed by atoms with van der Waals surface area (Å²) in [5.41, 5.74) is -1.16. The summed E-state index contributed by atoms with van der Waals surface area (Å²) in [5.74, 6) is -0.668. The van der Waals surface area contributed by atoms with Crippen molar-refractivity contribution in [2.45, 2.75) is 32.0 Å². The predicted octanol–water partition coefficient (Wildman–Crippen LogP) is 0.671. The molecule has 3 heterocycles. The lowest BCUT2D eigenvalue weighted by Crippen LogP contribution is -2.44. The Morgan fingerprint density at radius 2 is 2.24 bits per heavy atom. The molecule has 0 aromatic rings. The minimum Gasteiger partial charge on any atom is -0.357 e. The summed E-state index contributed by atoms with van der Waals surface area (Å²) in [6.45, 7) is 6.15. The van der Waals surface area contributed by atoms with Crippen molar-refractivity contribution in [3.63, 3.8) is 0 Å². The Morgan fingerprint density at radius 1 is 1.53 bits per heavy atom. The van der Waals surface area contributed by atoms with Gasteiger partial charge in [0.05, 0.1) is 24.0 Å². The molecule has 2 fully saturated rings. The minimum absolute atomic E-state index is 0.0444. The van der Waals surface area contributed by atoms with Gasteiger partial charge in [0, 0.05) is 5.92 Å². The van der Waals surface area contributed by atoms with Crippen LogP contribution in [0.15, 0.2) is 12.2 Å². The maximum Gasteiger partial charge on any atom is 0.227 e. The monoisotopic (exact) mass is 235 g/mol. The van der Waals surface area contributed by atoms with Crippen molar-refractivity contribution >= 4 is 11.7 Å². The van der Waals surface area contributed by atoms with Crippen molar-refractivity contribution in [1.29, 1.82) is 0 Å². The van der Waals surface area contributed by atoms with E-state index in [0.29, 0.717) is 6.54 Å². The number of Topliss-reactive ketones (excluding diaryl/α,β-unsaturated/α-hetero) is 1. The van der Waals surface area contributed by atoms with Gasteiger partial charge in [0.25, 0.3) is 0 Å². The second-order valence-corrected chi connectivity index (χ2v) is 5.80. The lowest BCUT2D eigenvalue weighted by molar-refractivity contribution is -0.135. The molecule has 2 saturated heterocycles. The number of nitrogens with one attached hydrogen (secondary N) is 1. The first-order chi connectivity index (χ1) is 7.90. The highest BCUT2D eigenvalue weighted by molar-refractivity contribution is 5.95. The molecule has 0 aromatic heterocycles. The van der Waals surface area contributed by atoms with Gasteiger partial charge >= 0.3 is 0 Å². The molecule has 1 spiro atoms. The quantitative estimate of drug-likeness (QED) is 0.716. The number of hydrogen-bond donors (Lipinski definition) is 1. The zero-order chi connectivity index (χ0) is 12.4. The Morgan fingerprint density at radius 3 is 2.88 bits per heavy atom. The van der Waals surface area contributed by atoms with Crippen molar-refractivity contribution in [3.05, 3.63) is 12.2 Å². The largest absolute Gasteiger partial charge is 0.357 e. The Kier molecular flexibility index (Phi) is 1.93. The van der Waals surface area contributed by atoms with Crippen molar-refractivity contribution in [2.24, 2.45) is 17.8 Å². The van der Waals surface area contributed by atoms with Crippen LogP contribution in [0.4, 0.5) is 0 Å². The number of amides is 1. The average Bonchev–Trinajstić information content (AvgIpc) is 2.83. The molecule has 2 bridgehead atoms. The number of hydrogen-bond acceptors (Lipinski definition) is 3. The number of ether oxygens (including phenoxy) is 1. The van der Waals surface area contributed by atoms with Crippen molar-refractivity contribution in [3.8, 4) is 0 Å². The van der Waals surface area contributed by atoms with Crippen LogP contribution in [0.3, 0.4) is 0 Å². The number of carbonyl (C=O) groups excluding carboxylic acids is 2. The van der Waals surface area contributed by atoms with Crippen LogP contribution in [0.25, 0.3) is 0 Å². The lowest BCUT2D eigenvalue weighted by atomic mass is 9.68. The highest BCUT2D eigenvalue weighted by Gasteiger charge is 2.69. The zero-order valence-electron chi connectivity index (χ0n) is 10.3. The molecule has 1 amide bonds. The number of carbonyl (C=O) groups is 2. The highest BCUT2D eigenvalue weighted by atomic mass is 16.5. The first-order valence-electron chi connectivity index (χ1n) is 6.12. The fourth-order valence-corrected chi connectivity index (χ4v) is 3.45. The van der Waals surface area contributed by atoms with Crippen LogP contribution < -0.4 is 5.32 Å². The summed E-state index contributed by atoms with van der Waals surface area (Å²) in [4.78, 5) is 24.3. The molecule has 0 aromatic carbocycles. The maximum atomic E-state index is 12.3. The van der Waals surface area contributed by atoms with Gasteiger partial charge in [0.15, 0.2) is 0 Å². The summed E-state index contributed by atoms with van der Waals surface area (Å²) < 4.78 is 6.01. The van der Waals surface area contributed by atoms with Gasteiger partial charge < -0.3 is 10.1 Å². The van der Waals surface area contributed by atoms with E-state index in [9.17, 15) is 9.59 Å². The topological polar surface area (TPSA) is 55.4 Å². The Bertz CT molecular complexity index is 442. The lowest BCUT2D eigenvalue weighted by Gasteiger charge is -2.29. The molecule has 17 heavy (non-hydrogen) atoms. The summed E-state index contributed by atoms with van der Waals surface area (Å²) >= 11 is 0. The molecule has 3 rings (SSSR count). The van der Waals surface area contributed by atoms with E-state index < -0.39 is 11.2 Å². The zero-order valence-corrected chi connectivity index (χ0v) is 10.3. The molecular weight excluding hydrogens is 218 g/mol. The van der Waals surface area contributed by atoms with Gasteiger partial charge in [-0.15, -0.1) is 0 Å². The third kappa shape index (κ3) is 1.16. The molecule has 4 nitrogen and oxygen atoms in total. The van der Waals surface area contributed by atoms with Crippen molar-refractivity contribution in [2.75, 3.05) is 6.54 Å². The van der Waals surface area contributed by atoms with E-state index in [1.165, 1.54) is 0 Å². The second kappa shape index (κ2) is 2.99. The molecule has 4 heteroatoms.